The van der Waals surface area contributed by atoms with Crippen LogP contribution < -0.4 is 5.32 Å². The van der Waals surface area contributed by atoms with E-state index in [4.69, 9.17) is 5.11 Å². The van der Waals surface area contributed by atoms with Crippen molar-refractivity contribution in [2.45, 2.75) is 26.3 Å². The van der Waals surface area contributed by atoms with Crippen molar-refractivity contribution in [2.75, 3.05) is 6.61 Å². The summed E-state index contributed by atoms with van der Waals surface area (Å²) in [6.07, 6.45) is 2.37. The lowest BCUT2D eigenvalue weighted by molar-refractivity contribution is -0.117. The first-order valence-corrected chi connectivity index (χ1v) is 6.38. The molecule has 1 aromatic rings. The summed E-state index contributed by atoms with van der Waals surface area (Å²) in [4.78, 5) is 11.0. The molecule has 1 unspecified atom stereocenters. The molecule has 0 bridgehead atoms. The van der Waals surface area contributed by atoms with Gasteiger partial charge in [-0.2, -0.15) is 0 Å². The quantitative estimate of drug-likeness (QED) is 0.656. The van der Waals surface area contributed by atoms with Gasteiger partial charge in [-0.05, 0) is 23.8 Å². The van der Waals surface area contributed by atoms with Crippen molar-refractivity contribution in [1.29, 1.82) is 0 Å². The highest BCUT2D eigenvalue weighted by atomic mass is 19.1. The third-order valence-corrected chi connectivity index (χ3v) is 1.96. The first-order chi connectivity index (χ1) is 9.58. The second kappa shape index (κ2) is 13.5. The third-order valence-electron chi connectivity index (χ3n) is 1.96. The predicted molar refractivity (Wildman–Crippen MR) is 81.8 cm³/mol. The van der Waals surface area contributed by atoms with Gasteiger partial charge in [0, 0.05) is 0 Å². The Hall–Kier alpha value is -1.94. The molecular weight excluding hydrogens is 257 g/mol. The van der Waals surface area contributed by atoms with Crippen LogP contribution in [0.4, 0.5) is 4.39 Å². The summed E-state index contributed by atoms with van der Waals surface area (Å²) in [6, 6.07) is 5.05. The standard InChI is InChI=1S/C11H12FNO2.C3H8.C2H4/c1-2-11(15)13-10(7-14)8-3-5-9(12)6-4-8;1-3-2;1-2/h2-6,10,14H,1,7H2,(H,13,15);3H2,1-2H3;1-2H2. The second-order valence-corrected chi connectivity index (χ2v) is 3.71. The highest BCUT2D eigenvalue weighted by Gasteiger charge is 2.11. The Bertz CT molecular complexity index is 377. The number of aliphatic hydroxyl groups is 1. The molecule has 0 fully saturated rings. The van der Waals surface area contributed by atoms with Crippen LogP contribution >= 0.6 is 0 Å². The summed E-state index contributed by atoms with van der Waals surface area (Å²) in [7, 11) is 0. The van der Waals surface area contributed by atoms with E-state index in [-0.39, 0.29) is 18.3 Å². The number of rotatable bonds is 4. The monoisotopic (exact) mass is 281 g/mol. The molecule has 0 spiro atoms. The average molecular weight is 281 g/mol. The molecule has 4 heteroatoms. The number of benzene rings is 1. The fourth-order valence-electron chi connectivity index (χ4n) is 1.16. The van der Waals surface area contributed by atoms with Crippen LogP contribution in [0.25, 0.3) is 0 Å². The van der Waals surface area contributed by atoms with Gasteiger partial charge < -0.3 is 10.4 Å². The number of halogens is 1. The van der Waals surface area contributed by atoms with Crippen LogP contribution in [0.3, 0.4) is 0 Å². The Morgan fingerprint density at radius 2 is 1.80 bits per heavy atom. The minimum absolute atomic E-state index is 0.245. The predicted octanol–water partition coefficient (Wildman–Crippen LogP) is 3.38. The maximum atomic E-state index is 12.6. The Morgan fingerprint density at radius 1 is 1.35 bits per heavy atom. The lowest BCUT2D eigenvalue weighted by atomic mass is 10.1. The number of nitrogens with one attached hydrogen (secondary N) is 1. The maximum absolute atomic E-state index is 12.6. The molecule has 1 aromatic carbocycles. The van der Waals surface area contributed by atoms with Crippen molar-refractivity contribution in [3.63, 3.8) is 0 Å². The lowest BCUT2D eigenvalue weighted by Crippen LogP contribution is -2.29. The summed E-state index contributed by atoms with van der Waals surface area (Å²) in [5, 5.41) is 11.6. The van der Waals surface area contributed by atoms with E-state index in [1.165, 1.54) is 30.7 Å². The van der Waals surface area contributed by atoms with Crippen LogP contribution in [0.15, 0.2) is 50.1 Å². The molecule has 2 N–H and O–H groups in total. The van der Waals surface area contributed by atoms with Gasteiger partial charge in [0.15, 0.2) is 0 Å². The number of carbonyl (C=O) groups is 1. The summed E-state index contributed by atoms with van der Waals surface area (Å²) >= 11 is 0. The number of amides is 1. The zero-order valence-electron chi connectivity index (χ0n) is 12.2. The second-order valence-electron chi connectivity index (χ2n) is 3.71. The summed E-state index contributed by atoms with van der Waals surface area (Å²) < 4.78 is 12.6. The molecule has 0 saturated carbocycles. The molecule has 112 valence electrons. The van der Waals surface area contributed by atoms with Crippen molar-refractivity contribution in [2.24, 2.45) is 0 Å². The van der Waals surface area contributed by atoms with E-state index in [1.54, 1.807) is 0 Å². The largest absolute Gasteiger partial charge is 0.394 e. The van der Waals surface area contributed by atoms with E-state index in [2.05, 4.69) is 38.9 Å². The summed E-state index contributed by atoms with van der Waals surface area (Å²) in [5.74, 6) is -0.733. The van der Waals surface area contributed by atoms with Crippen molar-refractivity contribution in [1.82, 2.24) is 5.32 Å². The van der Waals surface area contributed by atoms with Crippen molar-refractivity contribution >= 4 is 5.91 Å². The van der Waals surface area contributed by atoms with Gasteiger partial charge in [-0.15, -0.1) is 13.2 Å². The van der Waals surface area contributed by atoms with Gasteiger partial charge in [0.05, 0.1) is 12.6 Å². The van der Waals surface area contributed by atoms with E-state index in [9.17, 15) is 9.18 Å². The minimum Gasteiger partial charge on any atom is -0.394 e. The van der Waals surface area contributed by atoms with Crippen LogP contribution in [-0.2, 0) is 4.79 Å². The fraction of sp³-hybridized carbons (Fsp3) is 0.312. The molecule has 0 heterocycles. The molecule has 0 aromatic heterocycles. The smallest absolute Gasteiger partial charge is 0.243 e. The minimum atomic E-state index is -0.531. The third kappa shape index (κ3) is 9.05. The molecule has 1 rings (SSSR count). The van der Waals surface area contributed by atoms with Gasteiger partial charge >= 0.3 is 0 Å². The Labute approximate surface area is 120 Å². The Kier molecular flexibility index (Phi) is 13.7. The van der Waals surface area contributed by atoms with Crippen LogP contribution in [0.5, 0.6) is 0 Å². The first-order valence-electron chi connectivity index (χ1n) is 6.38. The van der Waals surface area contributed by atoms with Crippen LogP contribution in [0.1, 0.15) is 31.9 Å². The lowest BCUT2D eigenvalue weighted by Gasteiger charge is -2.15. The highest BCUT2D eigenvalue weighted by Crippen LogP contribution is 2.12. The van der Waals surface area contributed by atoms with Crippen molar-refractivity contribution in [3.8, 4) is 0 Å². The molecule has 20 heavy (non-hydrogen) atoms. The van der Waals surface area contributed by atoms with Crippen LogP contribution in [0.2, 0.25) is 0 Å². The average Bonchev–Trinajstić information content (AvgIpc) is 2.48. The molecular formula is C16H24FNO2. The normalized spacial score (nSPS) is 10.0. The molecule has 0 aliphatic carbocycles. The number of carbonyl (C=O) groups excluding carboxylic acids is 1. The van der Waals surface area contributed by atoms with E-state index in [0.29, 0.717) is 5.56 Å². The zero-order chi connectivity index (χ0) is 16.0. The molecule has 1 amide bonds. The van der Waals surface area contributed by atoms with Gasteiger partial charge in [-0.3, -0.25) is 4.79 Å². The molecule has 1 atom stereocenters. The van der Waals surface area contributed by atoms with E-state index in [1.807, 2.05) is 0 Å². The van der Waals surface area contributed by atoms with E-state index in [0.717, 1.165) is 6.08 Å². The molecule has 0 aliphatic rings. The van der Waals surface area contributed by atoms with Crippen LogP contribution in [0, 0.1) is 5.82 Å². The zero-order valence-corrected chi connectivity index (χ0v) is 12.2. The summed E-state index contributed by atoms with van der Waals surface area (Å²) in [6.45, 7) is 13.3. The van der Waals surface area contributed by atoms with Gasteiger partial charge in [0.1, 0.15) is 5.82 Å². The molecule has 0 radical (unpaired) electrons. The highest BCUT2D eigenvalue weighted by molar-refractivity contribution is 5.87. The number of hydrogen-bond acceptors (Lipinski definition) is 2. The first kappa shape index (κ1) is 20.4. The van der Waals surface area contributed by atoms with Gasteiger partial charge in [-0.1, -0.05) is 39.0 Å². The van der Waals surface area contributed by atoms with Gasteiger partial charge in [0.25, 0.3) is 0 Å². The maximum Gasteiger partial charge on any atom is 0.243 e. The van der Waals surface area contributed by atoms with Gasteiger partial charge in [-0.25, -0.2) is 4.39 Å². The number of aliphatic hydroxyl groups excluding tert-OH is 1. The molecule has 3 nitrogen and oxygen atoms in total. The SMILES string of the molecule is C=C.C=CC(=O)NC(CO)c1ccc(F)cc1.CCC. The Balaban J connectivity index is 0. The van der Waals surface area contributed by atoms with Crippen LogP contribution in [-0.4, -0.2) is 17.6 Å². The van der Waals surface area contributed by atoms with Crippen molar-refractivity contribution < 1.29 is 14.3 Å². The van der Waals surface area contributed by atoms with E-state index >= 15 is 0 Å². The fourth-order valence-corrected chi connectivity index (χ4v) is 1.16. The van der Waals surface area contributed by atoms with E-state index < -0.39 is 6.04 Å². The summed E-state index contributed by atoms with van der Waals surface area (Å²) in [5.41, 5.74) is 0.647. The molecule has 0 aliphatic heterocycles. The van der Waals surface area contributed by atoms with Gasteiger partial charge in [0.2, 0.25) is 5.91 Å². The van der Waals surface area contributed by atoms with Crippen molar-refractivity contribution in [3.05, 3.63) is 61.5 Å². The topological polar surface area (TPSA) is 49.3 Å². The Morgan fingerprint density at radius 3 is 2.15 bits per heavy atom. The molecule has 0 saturated heterocycles. The number of hydrogen-bond donors (Lipinski definition) is 2.